The highest BCUT2D eigenvalue weighted by atomic mass is 19.1. The molecule has 0 saturated carbocycles. The standard InChI is InChI=1S/C20H19FN2O2.C20H20N2O3/c1-12-7-8-23-19(9-12)22-13(2)20(23)16(24)5-3-14-4-6-17-15(10-14)11-18(21)25-17;1-12-7-8-22-18(9-12)21-13(2)20(22)16(23)5-3-14-4-6-17-15(10-14)11-19(24)25-17/h4,6-10,18H,3,5,11H2,1-2H3;4,6-10,19,24H,3,5,11H2,1-2H3. The zero-order valence-corrected chi connectivity index (χ0v) is 28.6. The number of hydrogen-bond acceptors (Lipinski definition) is 7. The minimum absolute atomic E-state index is 0.0639. The number of aliphatic hydroxyl groups excluding tert-OH is 1. The summed E-state index contributed by atoms with van der Waals surface area (Å²) in [6.45, 7) is 7.76. The van der Waals surface area contributed by atoms with E-state index in [2.05, 4.69) is 9.97 Å². The summed E-state index contributed by atoms with van der Waals surface area (Å²) in [7, 11) is 0. The van der Waals surface area contributed by atoms with Crippen LogP contribution in [0.5, 0.6) is 11.5 Å². The van der Waals surface area contributed by atoms with Crippen molar-refractivity contribution in [2.45, 2.75) is 78.9 Å². The van der Waals surface area contributed by atoms with Crippen LogP contribution in [0.2, 0.25) is 0 Å². The van der Waals surface area contributed by atoms with Crippen LogP contribution in [0.1, 0.15) is 78.6 Å². The van der Waals surface area contributed by atoms with E-state index in [0.717, 1.165) is 61.8 Å². The number of ketones is 2. The summed E-state index contributed by atoms with van der Waals surface area (Å²) in [6.07, 6.45) is 4.66. The molecule has 2 atom stereocenters. The molecule has 4 aromatic heterocycles. The fourth-order valence-electron chi connectivity index (χ4n) is 6.81. The number of nitrogens with zero attached hydrogens (tertiary/aromatic N) is 4. The molecule has 6 heterocycles. The summed E-state index contributed by atoms with van der Waals surface area (Å²) < 4.78 is 27.4. The molecular formula is C40H39FN4O5. The van der Waals surface area contributed by atoms with E-state index >= 15 is 0 Å². The van der Waals surface area contributed by atoms with Gasteiger partial charge in [0.2, 0.25) is 12.6 Å². The van der Waals surface area contributed by atoms with Crippen molar-refractivity contribution in [3.63, 3.8) is 0 Å². The SMILES string of the molecule is Cc1ccn2c(C(=O)CCc3ccc4c(c3)CC(F)O4)c(C)nc2c1.Cc1ccn2c(C(=O)CCc3ccc4c(c3)CC(O)O4)c(C)nc2c1. The summed E-state index contributed by atoms with van der Waals surface area (Å²) in [5.74, 6) is 1.49. The lowest BCUT2D eigenvalue weighted by Crippen LogP contribution is -2.09. The first-order valence-electron chi connectivity index (χ1n) is 16.9. The molecule has 9 nitrogen and oxygen atoms in total. The van der Waals surface area contributed by atoms with Crippen LogP contribution in [0.4, 0.5) is 4.39 Å². The van der Waals surface area contributed by atoms with E-state index in [9.17, 15) is 19.1 Å². The number of aliphatic hydroxyl groups is 1. The first-order chi connectivity index (χ1) is 24.0. The average molecular weight is 675 g/mol. The highest BCUT2D eigenvalue weighted by Gasteiger charge is 2.23. The topological polar surface area (TPSA) is 107 Å². The van der Waals surface area contributed by atoms with E-state index in [1.807, 2.05) is 103 Å². The fourth-order valence-corrected chi connectivity index (χ4v) is 6.81. The van der Waals surface area contributed by atoms with E-state index in [0.29, 0.717) is 49.2 Å². The minimum atomic E-state index is -1.25. The van der Waals surface area contributed by atoms with Crippen LogP contribution in [0.25, 0.3) is 11.3 Å². The van der Waals surface area contributed by atoms with Gasteiger partial charge in [-0.25, -0.2) is 14.4 Å². The van der Waals surface area contributed by atoms with Crippen LogP contribution in [0, 0.1) is 27.7 Å². The molecule has 0 amide bonds. The molecule has 256 valence electrons. The zero-order chi connectivity index (χ0) is 35.1. The Bertz CT molecular complexity index is 2110. The van der Waals surface area contributed by atoms with Gasteiger partial charge in [0, 0.05) is 49.2 Å². The molecule has 0 saturated heterocycles. The predicted octanol–water partition coefficient (Wildman–Crippen LogP) is 7.02. The summed E-state index contributed by atoms with van der Waals surface area (Å²) in [5.41, 5.74) is 10.6. The Morgan fingerprint density at radius 3 is 1.72 bits per heavy atom. The van der Waals surface area contributed by atoms with Crippen LogP contribution >= 0.6 is 0 Å². The number of halogens is 1. The Morgan fingerprint density at radius 1 is 0.720 bits per heavy atom. The van der Waals surface area contributed by atoms with Gasteiger partial charge in [0.1, 0.15) is 34.2 Å². The number of alkyl halides is 1. The number of aryl methyl sites for hydroxylation is 6. The summed E-state index contributed by atoms with van der Waals surface area (Å²) in [6, 6.07) is 19.4. The highest BCUT2D eigenvalue weighted by Crippen LogP contribution is 2.31. The number of carbonyl (C=O) groups is 2. The molecule has 10 heteroatoms. The third-order valence-corrected chi connectivity index (χ3v) is 9.26. The van der Waals surface area contributed by atoms with E-state index < -0.39 is 12.6 Å². The van der Waals surface area contributed by atoms with Gasteiger partial charge in [-0.2, -0.15) is 0 Å². The molecule has 0 spiro atoms. The molecule has 0 radical (unpaired) electrons. The lowest BCUT2D eigenvalue weighted by Gasteiger charge is -2.05. The smallest absolute Gasteiger partial charge is 0.242 e. The Kier molecular flexibility index (Phi) is 8.96. The van der Waals surface area contributed by atoms with Crippen LogP contribution in [0.3, 0.4) is 0 Å². The molecule has 6 aromatic rings. The Labute approximate surface area is 289 Å². The third kappa shape index (κ3) is 6.76. The van der Waals surface area contributed by atoms with Crippen LogP contribution in [-0.2, 0) is 25.7 Å². The highest BCUT2D eigenvalue weighted by molar-refractivity contribution is 5.97. The van der Waals surface area contributed by atoms with Crippen molar-refractivity contribution in [3.8, 4) is 11.5 Å². The maximum atomic E-state index is 13.3. The molecule has 1 N–H and O–H groups in total. The van der Waals surface area contributed by atoms with Crippen molar-refractivity contribution in [1.29, 1.82) is 0 Å². The second kappa shape index (κ2) is 13.5. The molecule has 0 fully saturated rings. The lowest BCUT2D eigenvalue weighted by molar-refractivity contribution is 0.00213. The Balaban J connectivity index is 0.000000157. The molecule has 0 aliphatic carbocycles. The monoisotopic (exact) mass is 674 g/mol. The van der Waals surface area contributed by atoms with E-state index in [4.69, 9.17) is 9.47 Å². The summed E-state index contributed by atoms with van der Waals surface area (Å²) in [4.78, 5) is 34.5. The first kappa shape index (κ1) is 33.2. The van der Waals surface area contributed by atoms with Gasteiger partial charge in [-0.3, -0.25) is 18.4 Å². The van der Waals surface area contributed by atoms with Crippen LogP contribution in [0.15, 0.2) is 73.1 Å². The van der Waals surface area contributed by atoms with Gasteiger partial charge in [-0.1, -0.05) is 24.3 Å². The van der Waals surface area contributed by atoms with Gasteiger partial charge in [-0.05, 0) is 99.2 Å². The van der Waals surface area contributed by atoms with Crippen molar-refractivity contribution >= 4 is 22.9 Å². The molecule has 2 aliphatic rings. The van der Waals surface area contributed by atoms with E-state index in [1.165, 1.54) is 0 Å². The van der Waals surface area contributed by atoms with E-state index in [-0.39, 0.29) is 18.0 Å². The Morgan fingerprint density at radius 2 is 1.20 bits per heavy atom. The van der Waals surface area contributed by atoms with Gasteiger partial charge in [0.25, 0.3) is 0 Å². The molecule has 2 unspecified atom stereocenters. The molecule has 2 aromatic carbocycles. The number of pyridine rings is 2. The largest absolute Gasteiger partial charge is 0.465 e. The second-order valence-corrected chi connectivity index (χ2v) is 13.2. The number of hydrogen-bond donors (Lipinski definition) is 1. The van der Waals surface area contributed by atoms with Crippen LogP contribution in [-0.4, -0.2) is 48.1 Å². The van der Waals surface area contributed by atoms with Gasteiger partial charge >= 0.3 is 0 Å². The zero-order valence-electron chi connectivity index (χ0n) is 28.6. The van der Waals surface area contributed by atoms with Gasteiger partial charge in [-0.15, -0.1) is 0 Å². The summed E-state index contributed by atoms with van der Waals surface area (Å²) >= 11 is 0. The average Bonchev–Trinajstić information content (AvgIpc) is 3.82. The van der Waals surface area contributed by atoms with Crippen LogP contribution < -0.4 is 9.47 Å². The number of rotatable bonds is 8. The lowest BCUT2D eigenvalue weighted by atomic mass is 10.0. The summed E-state index contributed by atoms with van der Waals surface area (Å²) in [5, 5.41) is 9.55. The number of Topliss-reactive ketones (excluding diaryl/α,β-unsaturated/α-hetero) is 2. The number of benzene rings is 2. The number of fused-ring (bicyclic) bond motifs is 4. The second-order valence-electron chi connectivity index (χ2n) is 13.2. The molecule has 0 bridgehead atoms. The molecule has 8 rings (SSSR count). The van der Waals surface area contributed by atoms with Gasteiger partial charge < -0.3 is 14.6 Å². The normalized spacial score (nSPS) is 16.0. The predicted molar refractivity (Wildman–Crippen MR) is 187 cm³/mol. The Hall–Kier alpha value is -5.35. The van der Waals surface area contributed by atoms with Crippen molar-refractivity contribution in [2.24, 2.45) is 0 Å². The number of carbonyl (C=O) groups excluding carboxylic acids is 2. The van der Waals surface area contributed by atoms with Crippen molar-refractivity contribution < 1.29 is 28.6 Å². The van der Waals surface area contributed by atoms with Crippen molar-refractivity contribution in [2.75, 3.05) is 0 Å². The number of imidazole rings is 2. The molecular weight excluding hydrogens is 635 g/mol. The molecule has 2 aliphatic heterocycles. The van der Waals surface area contributed by atoms with Gasteiger partial charge in [0.15, 0.2) is 11.6 Å². The minimum Gasteiger partial charge on any atom is -0.465 e. The van der Waals surface area contributed by atoms with Gasteiger partial charge in [0.05, 0.1) is 11.4 Å². The maximum absolute atomic E-state index is 13.3. The fraction of sp³-hybridized carbons (Fsp3) is 0.300. The van der Waals surface area contributed by atoms with E-state index in [1.54, 1.807) is 6.07 Å². The maximum Gasteiger partial charge on any atom is 0.242 e. The number of ether oxygens (including phenoxy) is 2. The first-order valence-corrected chi connectivity index (χ1v) is 16.9. The van der Waals surface area contributed by atoms with Crippen molar-refractivity contribution in [1.82, 2.24) is 18.8 Å². The number of aromatic nitrogens is 4. The molecule has 50 heavy (non-hydrogen) atoms. The van der Waals surface area contributed by atoms with Crippen molar-refractivity contribution in [3.05, 3.63) is 129 Å². The quantitative estimate of drug-likeness (QED) is 0.173. The third-order valence-electron chi connectivity index (χ3n) is 9.26.